The average Bonchev–Trinajstić information content (AvgIpc) is 2.68. The molecule has 0 spiro atoms. The molecule has 0 aromatic heterocycles. The summed E-state index contributed by atoms with van der Waals surface area (Å²) in [6.45, 7) is 10.2. The summed E-state index contributed by atoms with van der Waals surface area (Å²) in [7, 11) is 0. The minimum Gasteiger partial charge on any atom is -0.376 e. The summed E-state index contributed by atoms with van der Waals surface area (Å²) in [6, 6.07) is 2.40. The van der Waals surface area contributed by atoms with Crippen LogP contribution in [0.2, 0.25) is 0 Å². The molecule has 1 rings (SSSR count). The Labute approximate surface area is 111 Å². The van der Waals surface area contributed by atoms with E-state index >= 15 is 0 Å². The molecule has 4 heteroatoms. The van der Waals surface area contributed by atoms with Crippen LogP contribution in [0, 0.1) is 11.3 Å². The highest BCUT2D eigenvalue weighted by molar-refractivity contribution is 5.12. The Bertz CT molecular complexity index is 293. The maximum Gasteiger partial charge on any atom is 0.109 e. The van der Waals surface area contributed by atoms with Crippen LogP contribution >= 0.6 is 0 Å². The van der Waals surface area contributed by atoms with Gasteiger partial charge in [-0.1, -0.05) is 6.92 Å². The van der Waals surface area contributed by atoms with Crippen LogP contribution in [0.1, 0.15) is 47.0 Å². The van der Waals surface area contributed by atoms with Gasteiger partial charge in [0.05, 0.1) is 31.0 Å². The van der Waals surface area contributed by atoms with E-state index in [0.717, 1.165) is 25.8 Å². The van der Waals surface area contributed by atoms with Gasteiger partial charge in [0, 0.05) is 6.42 Å². The fourth-order valence-corrected chi connectivity index (χ4v) is 2.35. The van der Waals surface area contributed by atoms with E-state index in [2.05, 4.69) is 11.4 Å². The van der Waals surface area contributed by atoms with Gasteiger partial charge < -0.3 is 9.47 Å². The first-order valence-corrected chi connectivity index (χ1v) is 6.83. The van der Waals surface area contributed by atoms with E-state index in [0.29, 0.717) is 13.2 Å². The molecule has 0 aromatic carbocycles. The molecule has 0 radical (unpaired) electrons. The third kappa shape index (κ3) is 4.93. The molecule has 104 valence electrons. The van der Waals surface area contributed by atoms with Gasteiger partial charge in [-0.15, -0.1) is 0 Å². The van der Waals surface area contributed by atoms with Crippen molar-refractivity contribution in [1.82, 2.24) is 5.32 Å². The van der Waals surface area contributed by atoms with Crippen LogP contribution in [0.15, 0.2) is 0 Å². The molecule has 1 aliphatic carbocycles. The Morgan fingerprint density at radius 3 is 2.67 bits per heavy atom. The molecule has 1 fully saturated rings. The third-order valence-electron chi connectivity index (χ3n) is 3.17. The average molecular weight is 254 g/mol. The van der Waals surface area contributed by atoms with Gasteiger partial charge in [0.1, 0.15) is 5.54 Å². The number of nitrogens with zero attached hydrogens (tertiary/aromatic N) is 1. The predicted molar refractivity (Wildman–Crippen MR) is 71.3 cm³/mol. The molecule has 0 heterocycles. The molecule has 2 atom stereocenters. The van der Waals surface area contributed by atoms with Gasteiger partial charge in [-0.25, -0.2) is 0 Å². The van der Waals surface area contributed by atoms with Crippen LogP contribution in [-0.2, 0) is 9.47 Å². The maximum atomic E-state index is 9.25. The smallest absolute Gasteiger partial charge is 0.109 e. The van der Waals surface area contributed by atoms with E-state index in [1.807, 2.05) is 27.7 Å². The predicted octanol–water partition coefficient (Wildman–Crippen LogP) is 2.24. The highest BCUT2D eigenvalue weighted by Gasteiger charge is 2.39. The summed E-state index contributed by atoms with van der Waals surface area (Å²) in [5, 5.41) is 12.5. The van der Waals surface area contributed by atoms with E-state index in [4.69, 9.17) is 9.47 Å². The summed E-state index contributed by atoms with van der Waals surface area (Å²) in [4.78, 5) is 0. The fraction of sp³-hybridized carbons (Fsp3) is 0.929. The molecule has 0 amide bonds. The minimum absolute atomic E-state index is 0.112. The molecule has 1 aliphatic rings. The normalized spacial score (nSPS) is 28.3. The Kier molecular flexibility index (Phi) is 5.58. The molecule has 0 aromatic rings. The Hall–Kier alpha value is -0.630. The molecule has 0 saturated heterocycles. The van der Waals surface area contributed by atoms with Gasteiger partial charge in [-0.3, -0.25) is 5.32 Å². The third-order valence-corrected chi connectivity index (χ3v) is 3.17. The number of nitriles is 1. The topological polar surface area (TPSA) is 54.3 Å². The second kappa shape index (κ2) is 6.51. The molecule has 1 N–H and O–H groups in total. The lowest BCUT2D eigenvalue weighted by Gasteiger charge is -2.22. The van der Waals surface area contributed by atoms with Crippen molar-refractivity contribution in [3.05, 3.63) is 0 Å². The monoisotopic (exact) mass is 254 g/mol. The van der Waals surface area contributed by atoms with Crippen molar-refractivity contribution < 1.29 is 9.47 Å². The van der Waals surface area contributed by atoms with Gasteiger partial charge in [0.2, 0.25) is 0 Å². The van der Waals surface area contributed by atoms with Gasteiger partial charge >= 0.3 is 0 Å². The summed E-state index contributed by atoms with van der Waals surface area (Å²) in [5.74, 6) is 0. The second-order valence-electron chi connectivity index (χ2n) is 5.92. The lowest BCUT2D eigenvalue weighted by molar-refractivity contribution is -0.0508. The first-order chi connectivity index (χ1) is 8.41. The van der Waals surface area contributed by atoms with Gasteiger partial charge in [0.15, 0.2) is 0 Å². The summed E-state index contributed by atoms with van der Waals surface area (Å²) in [5.41, 5.74) is -0.483. The maximum absolute atomic E-state index is 9.25. The lowest BCUT2D eigenvalue weighted by atomic mass is 10.00. The molecule has 18 heavy (non-hydrogen) atoms. The number of ether oxygens (including phenoxy) is 2. The van der Waals surface area contributed by atoms with Crippen molar-refractivity contribution in [2.45, 2.75) is 64.2 Å². The first-order valence-electron chi connectivity index (χ1n) is 6.83. The number of hydrogen-bond donors (Lipinski definition) is 1. The molecule has 4 nitrogen and oxygen atoms in total. The van der Waals surface area contributed by atoms with Crippen molar-refractivity contribution in [3.63, 3.8) is 0 Å². The van der Waals surface area contributed by atoms with Crippen molar-refractivity contribution in [2.24, 2.45) is 0 Å². The molecular weight excluding hydrogens is 228 g/mol. The largest absolute Gasteiger partial charge is 0.376 e. The number of rotatable bonds is 6. The molecule has 1 saturated carbocycles. The van der Waals surface area contributed by atoms with E-state index < -0.39 is 0 Å². The summed E-state index contributed by atoms with van der Waals surface area (Å²) in [6.07, 6.45) is 2.80. The summed E-state index contributed by atoms with van der Waals surface area (Å²) >= 11 is 0. The van der Waals surface area contributed by atoms with Crippen molar-refractivity contribution >= 4 is 0 Å². The van der Waals surface area contributed by atoms with E-state index in [-0.39, 0.29) is 17.2 Å². The van der Waals surface area contributed by atoms with Gasteiger partial charge in [0.25, 0.3) is 0 Å². The minimum atomic E-state index is -0.371. The lowest BCUT2D eigenvalue weighted by Crippen LogP contribution is -2.41. The van der Waals surface area contributed by atoms with Crippen LogP contribution < -0.4 is 5.32 Å². The second-order valence-corrected chi connectivity index (χ2v) is 5.92. The van der Waals surface area contributed by atoms with Crippen LogP contribution in [0.4, 0.5) is 0 Å². The van der Waals surface area contributed by atoms with E-state index in [1.54, 1.807) is 0 Å². The quantitative estimate of drug-likeness (QED) is 0.739. The SMILES string of the molecule is CCNC1(C#N)CCC(OCCOC(C)(C)C)C1. The van der Waals surface area contributed by atoms with Crippen LogP contribution in [0.5, 0.6) is 0 Å². The van der Waals surface area contributed by atoms with Crippen molar-refractivity contribution in [3.8, 4) is 6.07 Å². The van der Waals surface area contributed by atoms with Crippen LogP contribution in [0.25, 0.3) is 0 Å². The molecular formula is C14H26N2O2. The van der Waals surface area contributed by atoms with Crippen molar-refractivity contribution in [2.75, 3.05) is 19.8 Å². The first kappa shape index (κ1) is 15.4. The zero-order valence-corrected chi connectivity index (χ0v) is 12.1. The zero-order chi connectivity index (χ0) is 13.6. The van der Waals surface area contributed by atoms with Crippen molar-refractivity contribution in [1.29, 1.82) is 5.26 Å². The highest BCUT2D eigenvalue weighted by atomic mass is 16.5. The van der Waals surface area contributed by atoms with E-state index in [1.165, 1.54) is 0 Å². The highest BCUT2D eigenvalue weighted by Crippen LogP contribution is 2.31. The van der Waals surface area contributed by atoms with E-state index in [9.17, 15) is 5.26 Å². The molecule has 0 bridgehead atoms. The van der Waals surface area contributed by atoms with Crippen LogP contribution in [0.3, 0.4) is 0 Å². The number of nitrogens with one attached hydrogen (secondary N) is 1. The van der Waals surface area contributed by atoms with Gasteiger partial charge in [-0.05, 0) is 40.2 Å². The number of hydrogen-bond acceptors (Lipinski definition) is 4. The molecule has 2 unspecified atom stereocenters. The Morgan fingerprint density at radius 1 is 1.39 bits per heavy atom. The Balaban J connectivity index is 2.24. The Morgan fingerprint density at radius 2 is 2.11 bits per heavy atom. The van der Waals surface area contributed by atoms with Crippen LogP contribution in [-0.4, -0.2) is 37.0 Å². The zero-order valence-electron chi connectivity index (χ0n) is 12.1. The standard InChI is InChI=1S/C14H26N2O2/c1-5-16-14(11-15)7-6-12(10-14)17-8-9-18-13(2,3)4/h12,16H,5-10H2,1-4H3. The fourth-order valence-electron chi connectivity index (χ4n) is 2.35. The molecule has 0 aliphatic heterocycles. The van der Waals surface area contributed by atoms with Gasteiger partial charge in [-0.2, -0.15) is 5.26 Å². The summed E-state index contributed by atoms with van der Waals surface area (Å²) < 4.78 is 11.4.